The number of fused-ring (bicyclic) bond motifs is 16. The summed E-state index contributed by atoms with van der Waals surface area (Å²) in [7, 11) is 2.64. The highest BCUT2D eigenvalue weighted by Crippen LogP contribution is 2.49. The van der Waals surface area contributed by atoms with Gasteiger partial charge in [0.05, 0.1) is 67.1 Å². The van der Waals surface area contributed by atoms with Crippen LogP contribution in [0.2, 0.25) is 10.0 Å². The minimum atomic E-state index is -2.30. The Morgan fingerprint density at radius 2 is 1.41 bits per heavy atom. The summed E-state index contributed by atoms with van der Waals surface area (Å²) in [6.45, 7) is 5.67. The number of methoxy groups -OCH3 is 1. The quantitative estimate of drug-likeness (QED) is 0.0731. The van der Waals surface area contributed by atoms with Crippen LogP contribution < -0.4 is 63.3 Å². The molecule has 0 spiro atoms. The van der Waals surface area contributed by atoms with Crippen LogP contribution in [0.3, 0.4) is 0 Å². The molecule has 2 fully saturated rings. The Hall–Kier alpha value is -8.78. The van der Waals surface area contributed by atoms with Crippen LogP contribution >= 0.6 is 23.2 Å². The first kappa shape index (κ1) is 77.4. The maximum atomic E-state index is 15.8. The molecule has 18 atom stereocenters. The number of ether oxygens (including phenoxy) is 7. The summed E-state index contributed by atoms with van der Waals surface area (Å²) in [6.07, 6.45) is -19.6. The second-order valence-electron chi connectivity index (χ2n) is 25.9. The van der Waals surface area contributed by atoms with Gasteiger partial charge in [0.25, 0.3) is 0 Å². The van der Waals surface area contributed by atoms with Gasteiger partial charge in [0.1, 0.15) is 71.6 Å². The van der Waals surface area contributed by atoms with Crippen molar-refractivity contribution in [3.8, 4) is 34.5 Å². The molecule has 21 N–H and O–H groups in total. The van der Waals surface area contributed by atoms with Gasteiger partial charge in [-0.1, -0.05) is 55.2 Å². The number of carbonyl (C=O) groups excluding carboxylic acids is 7. The number of rotatable bonds is 15. The number of aromatic hydroxyl groups is 1. The molecule has 6 heterocycles. The molecular weight excluding hydrogens is 1390 g/mol. The van der Waals surface area contributed by atoms with Gasteiger partial charge in [0, 0.05) is 29.5 Å². The molecule has 2 saturated heterocycles. The number of carbonyl (C=O) groups is 8. The number of aliphatic hydroxyl groups is 7. The lowest BCUT2D eigenvalue weighted by atomic mass is 9.83. The van der Waals surface area contributed by atoms with Crippen molar-refractivity contribution in [2.75, 3.05) is 20.8 Å². The van der Waals surface area contributed by atoms with Crippen LogP contribution in [-0.2, 0) is 57.3 Å². The van der Waals surface area contributed by atoms with Crippen molar-refractivity contribution >= 4 is 76.1 Å². The molecule has 552 valence electrons. The number of phenols is 1. The SMILES string of the molecule is CNC(CC(C)C)C(=O)NC1C(=O)NC(CC(N)=O)C(=O)NC2C(=O)NC(C(N)=O)c3ccc(O)c(c3)C3=C(OC)CC(O)C=C3C(C(=O)O)NC(=O)CC(O)c3ccc(c(Cl)c3)Oc3cc2cc(c3OC2OC(CO)C(O)C(O)C2OC2CC(C)(N)C(O)C(C)O2)Oc2ccc(cc2Cl)C1O. The molecular formula is C67H81Cl2N9O24. The summed E-state index contributed by atoms with van der Waals surface area (Å²) >= 11 is 14.1. The molecule has 0 saturated carbocycles. The summed E-state index contributed by atoms with van der Waals surface area (Å²) < 4.78 is 44.0. The summed E-state index contributed by atoms with van der Waals surface area (Å²) in [5.41, 5.74) is 15.1. The van der Waals surface area contributed by atoms with E-state index in [1.165, 1.54) is 45.2 Å². The van der Waals surface area contributed by atoms with E-state index in [0.717, 1.165) is 55.7 Å². The third kappa shape index (κ3) is 17.3. The fourth-order valence-electron chi connectivity index (χ4n) is 12.5. The van der Waals surface area contributed by atoms with Crippen LogP contribution in [0.25, 0.3) is 5.57 Å². The normalized spacial score (nSPS) is 29.8. The monoisotopic (exact) mass is 1470 g/mol. The number of benzene rings is 4. The van der Waals surface area contributed by atoms with E-state index >= 15 is 9.59 Å². The van der Waals surface area contributed by atoms with Gasteiger partial charge in [0.15, 0.2) is 29.9 Å². The zero-order valence-electron chi connectivity index (χ0n) is 55.7. The second kappa shape index (κ2) is 32.3. The van der Waals surface area contributed by atoms with E-state index in [1.54, 1.807) is 0 Å². The van der Waals surface area contributed by atoms with E-state index in [0.29, 0.717) is 0 Å². The van der Waals surface area contributed by atoms with Crippen LogP contribution in [0, 0.1) is 5.92 Å². The smallest absolute Gasteiger partial charge is 0.330 e. The highest BCUT2D eigenvalue weighted by Gasteiger charge is 2.51. The molecule has 4 aromatic carbocycles. The molecule has 1 aliphatic carbocycles. The lowest BCUT2D eigenvalue weighted by Gasteiger charge is -2.47. The summed E-state index contributed by atoms with van der Waals surface area (Å²) in [5, 5.41) is 117. The number of carboxylic acids is 1. The second-order valence-corrected chi connectivity index (χ2v) is 26.7. The van der Waals surface area contributed by atoms with Crippen molar-refractivity contribution in [1.29, 1.82) is 0 Å². The Balaban J connectivity index is 1.32. The lowest BCUT2D eigenvalue weighted by molar-refractivity contribution is -0.333. The molecule has 33 nitrogen and oxygen atoms in total. The summed E-state index contributed by atoms with van der Waals surface area (Å²) in [4.78, 5) is 114. The number of hydrogen-bond acceptors (Lipinski definition) is 25. The Kier molecular flexibility index (Phi) is 24.5. The number of nitrogens with two attached hydrogens (primary N) is 3. The van der Waals surface area contributed by atoms with E-state index in [2.05, 4.69) is 31.9 Å². The van der Waals surface area contributed by atoms with E-state index in [4.69, 9.17) is 73.6 Å². The molecule has 6 aliphatic heterocycles. The molecule has 9 bridgehead atoms. The predicted octanol–water partition coefficient (Wildman–Crippen LogP) is -0.219. The fourth-order valence-corrected chi connectivity index (χ4v) is 12.9. The Bertz CT molecular complexity index is 3950. The minimum Gasteiger partial charge on any atom is -0.507 e. The van der Waals surface area contributed by atoms with E-state index in [-0.39, 0.29) is 85.9 Å². The number of halogens is 2. The van der Waals surface area contributed by atoms with E-state index in [9.17, 15) is 74.7 Å². The number of likely N-dealkylation sites (N-methyl/N-ethyl adjacent to an activating group) is 1. The van der Waals surface area contributed by atoms with Crippen LogP contribution in [0.1, 0.15) is 112 Å². The molecule has 35 heteroatoms. The molecule has 11 rings (SSSR count). The molecule has 7 aliphatic rings. The van der Waals surface area contributed by atoms with Crippen molar-refractivity contribution in [3.63, 3.8) is 0 Å². The molecule has 18 unspecified atom stereocenters. The Morgan fingerprint density at radius 1 is 0.775 bits per heavy atom. The zero-order valence-corrected chi connectivity index (χ0v) is 57.2. The number of phenolic OH excluding ortho intramolecular Hbond substituents is 1. The van der Waals surface area contributed by atoms with Gasteiger partial charge in [-0.2, -0.15) is 0 Å². The average molecular weight is 1470 g/mol. The highest BCUT2D eigenvalue weighted by atomic mass is 35.5. The van der Waals surface area contributed by atoms with Crippen molar-refractivity contribution in [1.82, 2.24) is 31.9 Å². The highest BCUT2D eigenvalue weighted by molar-refractivity contribution is 6.32. The maximum absolute atomic E-state index is 15.8. The summed E-state index contributed by atoms with van der Waals surface area (Å²) in [5.74, 6) is -13.7. The third-order valence-corrected chi connectivity index (χ3v) is 18.4. The number of amides is 7. The van der Waals surface area contributed by atoms with Crippen LogP contribution in [0.15, 0.2) is 84.1 Å². The van der Waals surface area contributed by atoms with Crippen LogP contribution in [-0.4, -0.2) is 199 Å². The molecule has 102 heavy (non-hydrogen) atoms. The number of nitrogens with one attached hydrogen (secondary N) is 6. The zero-order chi connectivity index (χ0) is 74.7. The van der Waals surface area contributed by atoms with Gasteiger partial charge in [-0.25, -0.2) is 4.79 Å². The van der Waals surface area contributed by atoms with Gasteiger partial charge >= 0.3 is 5.97 Å². The number of primary amides is 2. The largest absolute Gasteiger partial charge is 0.507 e. The number of hydrogen-bond donors (Lipinski definition) is 18. The van der Waals surface area contributed by atoms with E-state index < -0.39 is 205 Å². The van der Waals surface area contributed by atoms with Gasteiger partial charge in [-0.15, -0.1) is 0 Å². The number of aliphatic carboxylic acids is 1. The Labute approximate surface area is 592 Å². The van der Waals surface area contributed by atoms with Gasteiger partial charge in [-0.05, 0) is 116 Å². The molecule has 0 radical (unpaired) electrons. The van der Waals surface area contributed by atoms with E-state index in [1.807, 2.05) is 13.8 Å². The van der Waals surface area contributed by atoms with Gasteiger partial charge < -0.3 is 128 Å². The van der Waals surface area contributed by atoms with Gasteiger partial charge in [0.2, 0.25) is 53.4 Å². The molecule has 4 aromatic rings. The number of aliphatic hydroxyl groups excluding tert-OH is 7. The molecule has 7 amide bonds. The summed E-state index contributed by atoms with van der Waals surface area (Å²) in [6, 6.07) is 0.827. The minimum absolute atomic E-state index is 0.0833. The first-order chi connectivity index (χ1) is 48.1. The van der Waals surface area contributed by atoms with Crippen molar-refractivity contribution in [3.05, 3.63) is 122 Å². The van der Waals surface area contributed by atoms with Gasteiger partial charge in [-0.3, -0.25) is 33.6 Å². The standard InChI is InChI=1S/C67H81Cl2N9O24/c1-25(2)13-36(73-5)61(90)78-53-54(85)29-9-12-41(35(69)16-29)99-44-18-30-17-43(57(44)102-66-58(56(87)55(86)45(24-79)100-66)101-48-23-67(4,72)59(88)26(3)97-48)98-40-11-8-27(15-34(40)68)39(82)22-47(84)75-52(65(94)95)33-19-31(80)20-42(96-6)49(33)32-14-28(7-10-38(32)81)50(60(71)89)76-63(92)51(30)77-62(91)37(21-46(70)83)74-64(53)93/h7-12,14-19,25-26,31,36-37,39,45,48,50-56,58-59,66,73,79-82,85-88H,13,20-24,72H2,1-6H3,(H2,70,83)(H2,71,89)(H,74,93)(H,75,84)(H,76,92)(H,77,91)(H,78,90)(H,94,95). The number of carboxylic acid groups (broad SMARTS) is 1. The van der Waals surface area contributed by atoms with Crippen LogP contribution in [0.5, 0.6) is 34.5 Å². The topological polar surface area (TPSA) is 533 Å². The fraction of sp³-hybridized carbons (Fsp3) is 0.463. The van der Waals surface area contributed by atoms with Crippen LogP contribution in [0.4, 0.5) is 0 Å². The van der Waals surface area contributed by atoms with Crippen molar-refractivity contribution < 1.29 is 117 Å². The van der Waals surface area contributed by atoms with Crippen molar-refractivity contribution in [2.24, 2.45) is 23.1 Å². The Morgan fingerprint density at radius 3 is 1.99 bits per heavy atom. The maximum Gasteiger partial charge on any atom is 0.330 e. The first-order valence-corrected chi connectivity index (χ1v) is 32.9. The first-order valence-electron chi connectivity index (χ1n) is 32.2. The third-order valence-electron chi connectivity index (χ3n) is 17.8. The molecule has 0 aromatic heterocycles. The lowest BCUT2D eigenvalue weighted by Crippen LogP contribution is -2.64. The predicted molar refractivity (Wildman–Crippen MR) is 356 cm³/mol. The average Bonchev–Trinajstić information content (AvgIpc) is 0.768. The van der Waals surface area contributed by atoms with Crippen molar-refractivity contribution in [2.45, 2.75) is 169 Å².